The van der Waals surface area contributed by atoms with Crippen LogP contribution in [-0.2, 0) is 0 Å². The van der Waals surface area contributed by atoms with Crippen LogP contribution in [0.15, 0.2) is 97.1 Å². The van der Waals surface area contributed by atoms with Crippen molar-refractivity contribution >= 4 is 0 Å². The Morgan fingerprint density at radius 2 is 0.926 bits per heavy atom. The van der Waals surface area contributed by atoms with Gasteiger partial charge in [0, 0.05) is 11.1 Å². The molecule has 4 aromatic rings. The van der Waals surface area contributed by atoms with E-state index < -0.39 is 0 Å². The Bertz CT molecular complexity index is 992. The predicted octanol–water partition coefficient (Wildman–Crippen LogP) is 7.43. The van der Waals surface area contributed by atoms with Gasteiger partial charge in [-0.25, -0.2) is 0 Å². The standard InChI is InChI=1S/C26H22O/c1-19-9-7-11-21(17-19)23-13-3-5-15-25(23)27-26-16-6-4-14-24(26)22-12-8-10-20(2)18-22/h3-18H,1-2H3. The highest BCUT2D eigenvalue weighted by Crippen LogP contribution is 2.38. The molecule has 0 aliphatic rings. The zero-order valence-corrected chi connectivity index (χ0v) is 15.6. The van der Waals surface area contributed by atoms with Gasteiger partial charge in [0.2, 0.25) is 0 Å². The zero-order valence-electron chi connectivity index (χ0n) is 15.6. The van der Waals surface area contributed by atoms with Crippen LogP contribution in [-0.4, -0.2) is 0 Å². The third-order valence-electron chi connectivity index (χ3n) is 4.65. The number of hydrogen-bond acceptors (Lipinski definition) is 1. The summed E-state index contributed by atoms with van der Waals surface area (Å²) >= 11 is 0. The quantitative estimate of drug-likeness (QED) is 0.372. The lowest BCUT2D eigenvalue weighted by atomic mass is 10.0. The fourth-order valence-electron chi connectivity index (χ4n) is 3.33. The second-order valence-electron chi connectivity index (χ2n) is 6.83. The van der Waals surface area contributed by atoms with E-state index in [1.54, 1.807) is 0 Å². The smallest absolute Gasteiger partial charge is 0.135 e. The van der Waals surface area contributed by atoms with Crippen molar-refractivity contribution in [2.45, 2.75) is 13.8 Å². The first-order chi connectivity index (χ1) is 13.2. The average Bonchev–Trinajstić information content (AvgIpc) is 2.69. The first-order valence-corrected chi connectivity index (χ1v) is 9.21. The Morgan fingerprint density at radius 3 is 1.37 bits per heavy atom. The van der Waals surface area contributed by atoms with E-state index in [-0.39, 0.29) is 0 Å². The molecule has 4 rings (SSSR count). The van der Waals surface area contributed by atoms with Gasteiger partial charge in [0.05, 0.1) is 0 Å². The van der Waals surface area contributed by atoms with Crippen LogP contribution < -0.4 is 4.74 Å². The molecular formula is C26H22O. The van der Waals surface area contributed by atoms with Crippen molar-refractivity contribution in [3.63, 3.8) is 0 Å². The van der Waals surface area contributed by atoms with E-state index in [2.05, 4.69) is 86.6 Å². The molecule has 4 aromatic carbocycles. The van der Waals surface area contributed by atoms with Crippen LogP contribution in [0.2, 0.25) is 0 Å². The molecule has 1 heteroatoms. The summed E-state index contributed by atoms with van der Waals surface area (Å²) in [6.07, 6.45) is 0. The van der Waals surface area contributed by atoms with Gasteiger partial charge in [-0.2, -0.15) is 0 Å². The Kier molecular flexibility index (Phi) is 4.76. The summed E-state index contributed by atoms with van der Waals surface area (Å²) < 4.78 is 6.43. The molecule has 0 saturated heterocycles. The van der Waals surface area contributed by atoms with E-state index >= 15 is 0 Å². The molecule has 0 amide bonds. The third kappa shape index (κ3) is 3.78. The zero-order chi connectivity index (χ0) is 18.6. The highest BCUT2D eigenvalue weighted by Gasteiger charge is 2.11. The number of benzene rings is 4. The number of rotatable bonds is 4. The van der Waals surface area contributed by atoms with Crippen molar-refractivity contribution in [1.82, 2.24) is 0 Å². The highest BCUT2D eigenvalue weighted by molar-refractivity contribution is 5.74. The van der Waals surface area contributed by atoms with Crippen LogP contribution in [0.5, 0.6) is 11.5 Å². The van der Waals surface area contributed by atoms with Gasteiger partial charge in [-0.15, -0.1) is 0 Å². The topological polar surface area (TPSA) is 9.23 Å². The summed E-state index contributed by atoms with van der Waals surface area (Å²) in [6, 6.07) is 33.5. The molecule has 27 heavy (non-hydrogen) atoms. The fourth-order valence-corrected chi connectivity index (χ4v) is 3.33. The third-order valence-corrected chi connectivity index (χ3v) is 4.65. The number of hydrogen-bond donors (Lipinski definition) is 0. The van der Waals surface area contributed by atoms with Crippen molar-refractivity contribution in [3.8, 4) is 33.8 Å². The summed E-state index contributed by atoms with van der Waals surface area (Å²) in [6.45, 7) is 4.22. The molecule has 0 fully saturated rings. The maximum atomic E-state index is 6.43. The summed E-state index contributed by atoms with van der Waals surface area (Å²) in [7, 11) is 0. The molecule has 0 atom stereocenters. The minimum Gasteiger partial charge on any atom is -0.456 e. The number of ether oxygens (including phenoxy) is 1. The van der Waals surface area contributed by atoms with Gasteiger partial charge in [0.15, 0.2) is 0 Å². The van der Waals surface area contributed by atoms with E-state index in [1.807, 2.05) is 24.3 Å². The molecular weight excluding hydrogens is 328 g/mol. The second kappa shape index (κ2) is 7.51. The average molecular weight is 350 g/mol. The molecule has 0 unspecified atom stereocenters. The largest absolute Gasteiger partial charge is 0.456 e. The van der Waals surface area contributed by atoms with Crippen LogP contribution in [0.25, 0.3) is 22.3 Å². The van der Waals surface area contributed by atoms with Crippen molar-refractivity contribution in [3.05, 3.63) is 108 Å². The van der Waals surface area contributed by atoms with Crippen LogP contribution in [0.4, 0.5) is 0 Å². The van der Waals surface area contributed by atoms with Crippen molar-refractivity contribution in [2.75, 3.05) is 0 Å². The molecule has 1 nitrogen and oxygen atoms in total. The number of para-hydroxylation sites is 2. The molecule has 0 saturated carbocycles. The van der Waals surface area contributed by atoms with Gasteiger partial charge in [-0.1, -0.05) is 96.1 Å². The fraction of sp³-hybridized carbons (Fsp3) is 0.0769. The molecule has 0 spiro atoms. The SMILES string of the molecule is Cc1cccc(-c2ccccc2Oc2ccccc2-c2cccc(C)c2)c1. The van der Waals surface area contributed by atoms with E-state index in [0.717, 1.165) is 22.6 Å². The molecule has 132 valence electrons. The molecule has 0 heterocycles. The Balaban J connectivity index is 1.77. The van der Waals surface area contributed by atoms with Crippen molar-refractivity contribution in [2.24, 2.45) is 0 Å². The van der Waals surface area contributed by atoms with E-state index in [0.29, 0.717) is 0 Å². The lowest BCUT2D eigenvalue weighted by Crippen LogP contribution is -1.91. The van der Waals surface area contributed by atoms with Gasteiger partial charge in [-0.3, -0.25) is 0 Å². The predicted molar refractivity (Wildman–Crippen MR) is 113 cm³/mol. The van der Waals surface area contributed by atoms with Gasteiger partial charge < -0.3 is 4.74 Å². The summed E-state index contributed by atoms with van der Waals surface area (Å²) in [5.41, 5.74) is 7.00. The molecule has 0 bridgehead atoms. The molecule has 0 aromatic heterocycles. The van der Waals surface area contributed by atoms with Crippen molar-refractivity contribution in [1.29, 1.82) is 0 Å². The maximum Gasteiger partial charge on any atom is 0.135 e. The molecule has 0 aliphatic carbocycles. The highest BCUT2D eigenvalue weighted by atomic mass is 16.5. The van der Waals surface area contributed by atoms with Gasteiger partial charge in [-0.05, 0) is 37.1 Å². The first kappa shape index (κ1) is 17.1. The summed E-state index contributed by atoms with van der Waals surface area (Å²) in [4.78, 5) is 0. The normalized spacial score (nSPS) is 10.6. The lowest BCUT2D eigenvalue weighted by molar-refractivity contribution is 0.486. The molecule has 0 radical (unpaired) electrons. The Hall–Kier alpha value is -3.32. The van der Waals surface area contributed by atoms with Crippen LogP contribution in [0.3, 0.4) is 0 Å². The molecule has 0 N–H and O–H groups in total. The lowest BCUT2D eigenvalue weighted by Gasteiger charge is -2.15. The first-order valence-electron chi connectivity index (χ1n) is 9.21. The van der Waals surface area contributed by atoms with E-state index in [4.69, 9.17) is 4.74 Å². The van der Waals surface area contributed by atoms with Crippen molar-refractivity contribution < 1.29 is 4.74 Å². The van der Waals surface area contributed by atoms with E-state index in [9.17, 15) is 0 Å². The Morgan fingerprint density at radius 1 is 0.481 bits per heavy atom. The van der Waals surface area contributed by atoms with Gasteiger partial charge in [0.25, 0.3) is 0 Å². The second-order valence-corrected chi connectivity index (χ2v) is 6.83. The van der Waals surface area contributed by atoms with Crippen LogP contribution in [0, 0.1) is 13.8 Å². The van der Waals surface area contributed by atoms with Gasteiger partial charge in [0.1, 0.15) is 11.5 Å². The maximum absolute atomic E-state index is 6.43. The monoisotopic (exact) mass is 350 g/mol. The van der Waals surface area contributed by atoms with Crippen LogP contribution in [0.1, 0.15) is 11.1 Å². The number of aryl methyl sites for hydroxylation is 2. The summed E-state index contributed by atoms with van der Waals surface area (Å²) in [5, 5.41) is 0. The Labute approximate surface area is 160 Å². The minimum absolute atomic E-state index is 0.864. The van der Waals surface area contributed by atoms with E-state index in [1.165, 1.54) is 22.3 Å². The van der Waals surface area contributed by atoms with Crippen LogP contribution >= 0.6 is 0 Å². The molecule has 0 aliphatic heterocycles. The summed E-state index contributed by atoms with van der Waals surface area (Å²) in [5.74, 6) is 1.73. The van der Waals surface area contributed by atoms with Gasteiger partial charge >= 0.3 is 0 Å². The minimum atomic E-state index is 0.864.